The van der Waals surface area contributed by atoms with E-state index in [0.29, 0.717) is 0 Å². The van der Waals surface area contributed by atoms with Crippen LogP contribution in [0, 0.1) is 12.7 Å². The molecule has 1 N–H and O–H groups in total. The smallest absolute Gasteiger partial charge is 0.548 e. The van der Waals surface area contributed by atoms with Crippen LogP contribution in [0.4, 0.5) is 4.39 Å². The summed E-state index contributed by atoms with van der Waals surface area (Å²) in [5, 5.41) is 17.4. The number of hydrogen-bond donors (Lipinski definition) is 1. The van der Waals surface area contributed by atoms with Gasteiger partial charge in [-0.3, -0.25) is 9.59 Å². The second-order valence-electron chi connectivity index (χ2n) is 7.59. The Morgan fingerprint density at radius 3 is 2.68 bits per heavy atom. The van der Waals surface area contributed by atoms with E-state index >= 15 is 0 Å². The molecule has 0 spiro atoms. The summed E-state index contributed by atoms with van der Waals surface area (Å²) in [6.07, 6.45) is 0. The van der Waals surface area contributed by atoms with Crippen molar-refractivity contribution in [1.82, 2.24) is 15.4 Å². The van der Waals surface area contributed by atoms with Crippen LogP contribution >= 0.6 is 23.4 Å². The summed E-state index contributed by atoms with van der Waals surface area (Å²) in [5.74, 6) is -3.13. The number of carboxylic acid groups (broad SMARTS) is 1. The number of benzene rings is 1. The van der Waals surface area contributed by atoms with Crippen molar-refractivity contribution < 1.29 is 58.0 Å². The molecule has 12 heteroatoms. The van der Waals surface area contributed by atoms with E-state index in [-0.39, 0.29) is 57.2 Å². The Bertz CT molecular complexity index is 1070. The van der Waals surface area contributed by atoms with E-state index in [1.165, 1.54) is 41.8 Å². The number of carbonyl (C=O) groups is 3. The van der Waals surface area contributed by atoms with Gasteiger partial charge in [-0.2, -0.15) is 0 Å². The number of fused-ring (bicyclic) bond motifs is 1. The molecule has 1 aromatic carbocycles. The molecule has 2 aromatic rings. The maximum Gasteiger partial charge on any atom is 1.00 e. The van der Waals surface area contributed by atoms with E-state index in [2.05, 4.69) is 10.5 Å². The first-order chi connectivity index (χ1) is 14.0. The van der Waals surface area contributed by atoms with E-state index in [4.69, 9.17) is 16.1 Å². The average molecular weight is 476 g/mol. The van der Waals surface area contributed by atoms with Crippen LogP contribution in [-0.2, 0) is 9.59 Å². The van der Waals surface area contributed by atoms with Crippen LogP contribution in [0.2, 0.25) is 5.02 Å². The number of amides is 2. The van der Waals surface area contributed by atoms with E-state index < -0.39 is 45.8 Å². The quantitative estimate of drug-likeness (QED) is 0.416. The number of nitrogens with zero attached hydrogens (tertiary/aromatic N) is 2. The molecule has 2 saturated heterocycles. The zero-order valence-electron chi connectivity index (χ0n) is 17.1. The fourth-order valence-electron chi connectivity index (χ4n) is 3.87. The number of aryl methyl sites for hydroxylation is 1. The number of rotatable bonds is 4. The topological polar surface area (TPSA) is 116 Å². The van der Waals surface area contributed by atoms with Crippen molar-refractivity contribution in [3.05, 3.63) is 40.4 Å². The molecule has 0 radical (unpaired) electrons. The molecule has 1 aromatic heterocycles. The van der Waals surface area contributed by atoms with E-state index in [1.807, 2.05) is 0 Å². The minimum Gasteiger partial charge on any atom is -0.548 e. The van der Waals surface area contributed by atoms with Crippen molar-refractivity contribution in [2.45, 2.75) is 43.0 Å². The third-order valence-electron chi connectivity index (χ3n) is 5.24. The molecular formula is C19H16ClFN3NaO5S. The van der Waals surface area contributed by atoms with Crippen LogP contribution in [0.15, 0.2) is 22.7 Å². The minimum absolute atomic E-state index is 0. The van der Waals surface area contributed by atoms with Crippen molar-refractivity contribution in [3.8, 4) is 11.3 Å². The van der Waals surface area contributed by atoms with Gasteiger partial charge >= 0.3 is 29.6 Å². The zero-order chi connectivity index (χ0) is 22.0. The number of carboxylic acids is 1. The molecule has 2 amide bonds. The molecule has 31 heavy (non-hydrogen) atoms. The van der Waals surface area contributed by atoms with Gasteiger partial charge in [0.1, 0.15) is 34.3 Å². The predicted octanol–water partition coefficient (Wildman–Crippen LogP) is -1.64. The Kier molecular flexibility index (Phi) is 6.52. The summed E-state index contributed by atoms with van der Waals surface area (Å²) in [7, 11) is 0. The van der Waals surface area contributed by atoms with Gasteiger partial charge in [0, 0.05) is 4.75 Å². The second-order valence-corrected chi connectivity index (χ2v) is 9.77. The minimum atomic E-state index is -1.35. The maximum absolute atomic E-state index is 14.3. The van der Waals surface area contributed by atoms with Gasteiger partial charge in [-0.1, -0.05) is 22.8 Å². The van der Waals surface area contributed by atoms with Crippen LogP contribution in [0.1, 0.15) is 30.0 Å². The van der Waals surface area contributed by atoms with Crippen molar-refractivity contribution in [2.75, 3.05) is 0 Å². The fraction of sp³-hybridized carbons (Fsp3) is 0.368. The molecular weight excluding hydrogens is 460 g/mol. The van der Waals surface area contributed by atoms with Crippen LogP contribution in [0.5, 0.6) is 0 Å². The molecule has 0 saturated carbocycles. The van der Waals surface area contributed by atoms with Gasteiger partial charge in [0.05, 0.1) is 22.6 Å². The monoisotopic (exact) mass is 475 g/mol. The molecule has 2 aliphatic rings. The number of carbonyl (C=O) groups excluding carboxylic acids is 3. The molecule has 2 fully saturated rings. The van der Waals surface area contributed by atoms with Gasteiger partial charge in [-0.05, 0) is 32.9 Å². The van der Waals surface area contributed by atoms with Crippen molar-refractivity contribution in [3.63, 3.8) is 0 Å². The molecule has 3 atom stereocenters. The van der Waals surface area contributed by atoms with E-state index in [9.17, 15) is 23.9 Å². The third-order valence-corrected chi connectivity index (χ3v) is 7.13. The van der Waals surface area contributed by atoms with Gasteiger partial charge in [0.25, 0.3) is 5.91 Å². The summed E-state index contributed by atoms with van der Waals surface area (Å²) in [4.78, 5) is 38.3. The summed E-state index contributed by atoms with van der Waals surface area (Å²) in [5.41, 5.74) is -0.216. The van der Waals surface area contributed by atoms with Crippen LogP contribution in [0.25, 0.3) is 11.3 Å². The summed E-state index contributed by atoms with van der Waals surface area (Å²) in [6, 6.07) is 2.01. The van der Waals surface area contributed by atoms with E-state index in [0.717, 1.165) is 0 Å². The third kappa shape index (κ3) is 3.78. The molecule has 2 aliphatic heterocycles. The normalized spacial score (nSPS) is 23.6. The first kappa shape index (κ1) is 24.1. The maximum atomic E-state index is 14.3. The Balaban J connectivity index is 0.00000272. The van der Waals surface area contributed by atoms with Gasteiger partial charge in [-0.15, -0.1) is 11.8 Å². The number of aliphatic carboxylic acids is 1. The fourth-order valence-corrected chi connectivity index (χ4v) is 5.75. The molecule has 0 bridgehead atoms. The van der Waals surface area contributed by atoms with Crippen LogP contribution in [0.3, 0.4) is 0 Å². The van der Waals surface area contributed by atoms with Gasteiger partial charge in [-0.25, -0.2) is 4.39 Å². The van der Waals surface area contributed by atoms with Crippen LogP contribution in [-0.4, -0.2) is 50.0 Å². The van der Waals surface area contributed by atoms with E-state index in [1.54, 1.807) is 13.8 Å². The summed E-state index contributed by atoms with van der Waals surface area (Å²) in [6.45, 7) is 4.88. The largest absolute Gasteiger partial charge is 1.00 e. The average Bonchev–Trinajstić information content (AvgIpc) is 3.14. The number of hydrogen-bond acceptors (Lipinski definition) is 7. The Morgan fingerprint density at radius 1 is 1.39 bits per heavy atom. The van der Waals surface area contributed by atoms with Gasteiger partial charge < -0.3 is 24.6 Å². The Hall–Kier alpha value is -1.59. The Morgan fingerprint density at radius 2 is 2.06 bits per heavy atom. The predicted molar refractivity (Wildman–Crippen MR) is 104 cm³/mol. The zero-order valence-corrected chi connectivity index (χ0v) is 20.6. The number of nitrogens with one attached hydrogen (secondary N) is 1. The van der Waals surface area contributed by atoms with Crippen molar-refractivity contribution >= 4 is 41.1 Å². The molecule has 3 unspecified atom stereocenters. The number of β-lactam (4-membered cyclic amide) rings is 1. The molecule has 4 rings (SSSR count). The Labute approximate surface area is 208 Å². The van der Waals surface area contributed by atoms with Crippen molar-refractivity contribution in [1.29, 1.82) is 0 Å². The summed E-state index contributed by atoms with van der Waals surface area (Å²) >= 11 is 7.35. The van der Waals surface area contributed by atoms with Gasteiger partial charge in [0.2, 0.25) is 5.91 Å². The standard InChI is InChI=1S/C19H17ClFN3O5S.Na/c1-7-10(12(23-29-7)11-8(20)5-4-6-9(11)21)15(25)22-13-16(26)24-14(18(27)28)19(2,3)30-17(13)24;/h4-6,13-14,17H,1-3H3,(H,22,25)(H,27,28);/q;+1/p-1. The molecule has 3 heterocycles. The summed E-state index contributed by atoms with van der Waals surface area (Å²) < 4.78 is 18.7. The first-order valence-corrected chi connectivity index (χ1v) is 10.2. The molecule has 158 valence electrons. The SMILES string of the molecule is Cc1onc(-c2c(F)cccc2Cl)c1C(=O)NC1C(=O)N2C1SC(C)(C)C2C(=O)[O-].[Na+]. The van der Waals surface area contributed by atoms with Gasteiger partial charge in [0.15, 0.2) is 0 Å². The second kappa shape index (κ2) is 8.40. The molecule has 8 nitrogen and oxygen atoms in total. The van der Waals surface area contributed by atoms with Crippen LogP contribution < -0.4 is 40.0 Å². The number of aromatic nitrogens is 1. The molecule has 0 aliphatic carbocycles. The first-order valence-electron chi connectivity index (χ1n) is 8.97. The van der Waals surface area contributed by atoms with Crippen molar-refractivity contribution in [2.24, 2.45) is 0 Å². The number of thioether (sulfide) groups is 1. The number of halogens is 2.